The Kier molecular flexibility index (Phi) is 22.4. The summed E-state index contributed by atoms with van der Waals surface area (Å²) in [6.07, 6.45) is 6.43. The first kappa shape index (κ1) is 36.5. The summed E-state index contributed by atoms with van der Waals surface area (Å²) in [5.74, 6) is 1.07. The molecule has 0 aromatic rings. The van der Waals surface area contributed by atoms with Crippen molar-refractivity contribution in [3.63, 3.8) is 0 Å². The maximum Gasteiger partial charge on any atom is 0.143 e. The molecule has 0 amide bonds. The molecule has 3 aliphatic rings. The Morgan fingerprint density at radius 2 is 0.895 bits per heavy atom. The Morgan fingerprint density at radius 1 is 0.553 bits per heavy atom. The highest BCUT2D eigenvalue weighted by atomic mass is 16.5. The lowest BCUT2D eigenvalue weighted by molar-refractivity contribution is -0.119. The number of hydrogen-bond donors (Lipinski definition) is 0. The van der Waals surface area contributed by atoms with Gasteiger partial charge in [-0.1, -0.05) is 20.3 Å². The third-order valence-electron chi connectivity index (χ3n) is 6.43. The van der Waals surface area contributed by atoms with Gasteiger partial charge in [0, 0.05) is 13.1 Å². The predicted molar refractivity (Wildman–Crippen MR) is 154 cm³/mol. The van der Waals surface area contributed by atoms with Gasteiger partial charge in [-0.3, -0.25) is 38.8 Å². The summed E-state index contributed by atoms with van der Waals surface area (Å²) in [7, 11) is 0. The maximum absolute atomic E-state index is 10.7. The van der Waals surface area contributed by atoms with Crippen molar-refractivity contribution in [2.75, 3.05) is 91.8 Å². The number of ether oxygens (including phenoxy) is 1. The lowest BCUT2D eigenvalue weighted by Crippen LogP contribution is -2.38. The molecule has 0 N–H and O–H groups in total. The van der Waals surface area contributed by atoms with E-state index in [0.29, 0.717) is 32.0 Å². The van der Waals surface area contributed by atoms with Gasteiger partial charge in [0.25, 0.3) is 0 Å². The largest absolute Gasteiger partial charge is 0.379 e. The van der Waals surface area contributed by atoms with Crippen LogP contribution in [0.4, 0.5) is 0 Å². The van der Waals surface area contributed by atoms with Gasteiger partial charge >= 0.3 is 0 Å². The van der Waals surface area contributed by atoms with Gasteiger partial charge in [-0.25, -0.2) is 0 Å². The van der Waals surface area contributed by atoms with Crippen LogP contribution in [0.3, 0.4) is 0 Å². The van der Waals surface area contributed by atoms with Crippen LogP contribution in [-0.4, -0.2) is 134 Å². The molecule has 3 fully saturated rings. The van der Waals surface area contributed by atoms with Crippen LogP contribution in [-0.2, 0) is 23.9 Å². The Morgan fingerprint density at radius 3 is 1.18 bits per heavy atom. The minimum absolute atomic E-state index is 0.238. The molecule has 0 aromatic heterocycles. The Hall–Kier alpha value is -1.52. The standard InChI is InChI=1S/C8H15NO.C7H13NO2.C7H13NO.C7H15NO/c1-8(10)7-9-5-3-2-4-6-9;1-7(9)6-8-2-4-10-5-3-8;1-7(9)6-8-4-2-3-5-8;1-4-8(5-2)6-7(3)9/h2-7H2,1H3;2-6H2,1H3;2-6H2,1H3;4-6H2,1-3H3. The van der Waals surface area contributed by atoms with E-state index in [9.17, 15) is 19.2 Å². The number of piperidine rings is 1. The van der Waals surface area contributed by atoms with Crippen molar-refractivity contribution in [3.05, 3.63) is 0 Å². The van der Waals surface area contributed by atoms with Crippen molar-refractivity contribution in [1.29, 1.82) is 0 Å². The SMILES string of the molecule is CC(=O)CN1CCCC1.CC(=O)CN1CCCCC1.CC(=O)CN1CCOCC1.CCN(CC)CC(C)=O. The number of carbonyl (C=O) groups is 4. The number of ketones is 4. The summed E-state index contributed by atoms with van der Waals surface area (Å²) >= 11 is 0. The number of morpholine rings is 1. The van der Waals surface area contributed by atoms with E-state index in [-0.39, 0.29) is 17.3 Å². The summed E-state index contributed by atoms with van der Waals surface area (Å²) < 4.78 is 5.13. The van der Waals surface area contributed by atoms with Crippen LogP contribution in [0.5, 0.6) is 0 Å². The smallest absolute Gasteiger partial charge is 0.143 e. The Labute approximate surface area is 232 Å². The summed E-state index contributed by atoms with van der Waals surface area (Å²) in [6.45, 7) is 23.0. The van der Waals surface area contributed by atoms with E-state index in [1.54, 1.807) is 27.7 Å². The molecule has 9 heteroatoms. The first-order chi connectivity index (χ1) is 18.1. The Bertz CT molecular complexity index is 607. The molecule has 0 bridgehead atoms. The number of likely N-dealkylation sites (tertiary alicyclic amines) is 2. The zero-order valence-electron chi connectivity index (χ0n) is 25.3. The molecule has 0 saturated carbocycles. The summed E-state index contributed by atoms with van der Waals surface area (Å²) in [5.41, 5.74) is 0. The number of hydrogen-bond acceptors (Lipinski definition) is 9. The average Bonchev–Trinajstić information content (AvgIpc) is 3.36. The fourth-order valence-corrected chi connectivity index (χ4v) is 4.52. The average molecular weight is 541 g/mol. The van der Waals surface area contributed by atoms with Crippen LogP contribution in [0.15, 0.2) is 0 Å². The van der Waals surface area contributed by atoms with Gasteiger partial charge in [0.05, 0.1) is 39.4 Å². The second-order valence-electron chi connectivity index (χ2n) is 10.5. The van der Waals surface area contributed by atoms with E-state index in [4.69, 9.17) is 4.74 Å². The third-order valence-corrected chi connectivity index (χ3v) is 6.43. The number of nitrogens with zero attached hydrogens (tertiary/aromatic N) is 4. The summed E-state index contributed by atoms with van der Waals surface area (Å²) in [6, 6.07) is 0. The number of rotatable bonds is 10. The van der Waals surface area contributed by atoms with Crippen molar-refractivity contribution in [2.24, 2.45) is 0 Å². The molecule has 0 spiro atoms. The van der Waals surface area contributed by atoms with Gasteiger partial charge in [0.2, 0.25) is 0 Å². The molecule has 0 unspecified atom stereocenters. The Balaban J connectivity index is 0.000000481. The van der Waals surface area contributed by atoms with Crippen molar-refractivity contribution in [2.45, 2.75) is 73.6 Å². The fraction of sp³-hybridized carbons (Fsp3) is 0.862. The van der Waals surface area contributed by atoms with Crippen LogP contribution < -0.4 is 0 Å². The normalized spacial score (nSPS) is 18.3. The van der Waals surface area contributed by atoms with Crippen LogP contribution in [0.2, 0.25) is 0 Å². The van der Waals surface area contributed by atoms with Gasteiger partial charge in [-0.15, -0.1) is 0 Å². The molecule has 0 aromatic carbocycles. The predicted octanol–water partition coefficient (Wildman–Crippen LogP) is 2.56. The highest BCUT2D eigenvalue weighted by Crippen LogP contribution is 2.07. The van der Waals surface area contributed by atoms with Gasteiger partial charge in [0.15, 0.2) is 0 Å². The zero-order chi connectivity index (χ0) is 28.8. The number of Topliss-reactive ketones (excluding diaryl/α,β-unsaturated/α-hetero) is 4. The number of likely N-dealkylation sites (N-methyl/N-ethyl adjacent to an activating group) is 1. The molecule has 0 radical (unpaired) electrons. The minimum atomic E-state index is 0.238. The molecule has 9 nitrogen and oxygen atoms in total. The van der Waals surface area contributed by atoms with Crippen LogP contribution in [0.25, 0.3) is 0 Å². The van der Waals surface area contributed by atoms with Crippen LogP contribution in [0, 0.1) is 0 Å². The van der Waals surface area contributed by atoms with E-state index in [2.05, 4.69) is 33.4 Å². The molecule has 38 heavy (non-hydrogen) atoms. The number of carbonyl (C=O) groups excluding carboxylic acids is 4. The van der Waals surface area contributed by atoms with E-state index in [0.717, 1.165) is 65.6 Å². The van der Waals surface area contributed by atoms with Crippen molar-refractivity contribution in [3.8, 4) is 0 Å². The molecular weight excluding hydrogens is 484 g/mol. The lowest BCUT2D eigenvalue weighted by Gasteiger charge is -2.25. The molecule has 3 saturated heterocycles. The van der Waals surface area contributed by atoms with Gasteiger partial charge in [-0.2, -0.15) is 0 Å². The monoisotopic (exact) mass is 540 g/mol. The summed E-state index contributed by atoms with van der Waals surface area (Å²) in [4.78, 5) is 51.1. The van der Waals surface area contributed by atoms with E-state index >= 15 is 0 Å². The van der Waals surface area contributed by atoms with Crippen molar-refractivity contribution < 1.29 is 23.9 Å². The van der Waals surface area contributed by atoms with E-state index in [1.807, 2.05) is 0 Å². The quantitative estimate of drug-likeness (QED) is 0.415. The maximum atomic E-state index is 10.7. The molecular formula is C29H56N4O5. The second-order valence-corrected chi connectivity index (χ2v) is 10.5. The van der Waals surface area contributed by atoms with Gasteiger partial charge in [0.1, 0.15) is 23.1 Å². The second kappa shape index (κ2) is 23.4. The van der Waals surface area contributed by atoms with E-state index < -0.39 is 0 Å². The van der Waals surface area contributed by atoms with Crippen LogP contribution in [0.1, 0.15) is 73.6 Å². The molecule has 0 atom stereocenters. The van der Waals surface area contributed by atoms with Crippen LogP contribution >= 0.6 is 0 Å². The van der Waals surface area contributed by atoms with Gasteiger partial charge < -0.3 is 4.74 Å². The topological polar surface area (TPSA) is 90.5 Å². The first-order valence-electron chi connectivity index (χ1n) is 14.5. The first-order valence-corrected chi connectivity index (χ1v) is 14.5. The highest BCUT2D eigenvalue weighted by molar-refractivity contribution is 5.78. The molecule has 3 aliphatic heterocycles. The fourth-order valence-electron chi connectivity index (χ4n) is 4.52. The third kappa shape index (κ3) is 22.5. The molecule has 3 heterocycles. The van der Waals surface area contributed by atoms with Crippen molar-refractivity contribution >= 4 is 23.1 Å². The van der Waals surface area contributed by atoms with E-state index in [1.165, 1.54) is 32.1 Å². The summed E-state index contributed by atoms with van der Waals surface area (Å²) in [5, 5.41) is 0. The van der Waals surface area contributed by atoms with Crippen molar-refractivity contribution in [1.82, 2.24) is 19.6 Å². The molecule has 222 valence electrons. The van der Waals surface area contributed by atoms with Gasteiger partial charge in [-0.05, 0) is 92.6 Å². The highest BCUT2D eigenvalue weighted by Gasteiger charge is 2.12. The lowest BCUT2D eigenvalue weighted by atomic mass is 10.1. The minimum Gasteiger partial charge on any atom is -0.379 e. The molecule has 0 aliphatic carbocycles. The molecule has 3 rings (SSSR count). The zero-order valence-corrected chi connectivity index (χ0v) is 25.3.